The van der Waals surface area contributed by atoms with E-state index in [1.807, 2.05) is 6.07 Å². The SMILES string of the molecule is Cc1ccc(-c2nc(-c3ccc(C)cc3)nc(-c3cccc4c3ccc3nc(-c5ccccc5)[se]c34)n2)cc1. The first kappa shape index (κ1) is 23.7. The third kappa shape index (κ3) is 4.46. The van der Waals surface area contributed by atoms with Crippen LogP contribution in [0.5, 0.6) is 0 Å². The minimum absolute atomic E-state index is 0.119. The van der Waals surface area contributed by atoms with E-state index in [0.29, 0.717) is 17.5 Å². The number of hydrogen-bond donors (Lipinski definition) is 0. The second-order valence-electron chi connectivity index (χ2n) is 9.74. The van der Waals surface area contributed by atoms with Crippen LogP contribution in [0.1, 0.15) is 11.1 Å². The second-order valence-corrected chi connectivity index (χ2v) is 11.8. The van der Waals surface area contributed by atoms with Crippen molar-refractivity contribution in [3.05, 3.63) is 120 Å². The van der Waals surface area contributed by atoms with Crippen molar-refractivity contribution in [1.29, 1.82) is 0 Å². The van der Waals surface area contributed by atoms with Crippen LogP contribution >= 0.6 is 0 Å². The Labute approximate surface area is 232 Å². The van der Waals surface area contributed by atoms with Gasteiger partial charge in [-0.2, -0.15) is 0 Å². The van der Waals surface area contributed by atoms with E-state index in [2.05, 4.69) is 117 Å². The molecule has 4 nitrogen and oxygen atoms in total. The van der Waals surface area contributed by atoms with Gasteiger partial charge in [-0.1, -0.05) is 0 Å². The van der Waals surface area contributed by atoms with Crippen molar-refractivity contribution in [2.24, 2.45) is 0 Å². The number of rotatable bonds is 4. The van der Waals surface area contributed by atoms with Crippen LogP contribution in [-0.2, 0) is 0 Å². The number of benzene rings is 5. The Bertz CT molecular complexity index is 1890. The van der Waals surface area contributed by atoms with Gasteiger partial charge in [-0.25, -0.2) is 0 Å². The van der Waals surface area contributed by atoms with Gasteiger partial charge < -0.3 is 0 Å². The van der Waals surface area contributed by atoms with Gasteiger partial charge in [0.05, 0.1) is 0 Å². The first-order valence-electron chi connectivity index (χ1n) is 12.9. The number of aromatic nitrogens is 4. The Morgan fingerprint density at radius 3 is 1.72 bits per heavy atom. The molecular weight excluding hydrogens is 543 g/mol. The van der Waals surface area contributed by atoms with Gasteiger partial charge in [-0.15, -0.1) is 0 Å². The van der Waals surface area contributed by atoms with Crippen molar-refractivity contribution in [2.45, 2.75) is 13.8 Å². The zero-order valence-corrected chi connectivity index (χ0v) is 23.3. The van der Waals surface area contributed by atoms with E-state index in [1.54, 1.807) is 0 Å². The van der Waals surface area contributed by atoms with Crippen molar-refractivity contribution < 1.29 is 0 Å². The molecule has 0 N–H and O–H groups in total. The third-order valence-electron chi connectivity index (χ3n) is 6.93. The molecule has 5 heteroatoms. The molecule has 0 amide bonds. The summed E-state index contributed by atoms with van der Waals surface area (Å²) in [6, 6.07) is 37.9. The molecule has 0 atom stereocenters. The predicted octanol–water partition coefficient (Wildman–Crippen LogP) is 7.91. The molecule has 2 heterocycles. The van der Waals surface area contributed by atoms with E-state index >= 15 is 0 Å². The van der Waals surface area contributed by atoms with Crippen LogP contribution in [0.3, 0.4) is 0 Å². The molecule has 0 unspecified atom stereocenters. The molecule has 0 radical (unpaired) electrons. The van der Waals surface area contributed by atoms with Crippen LogP contribution in [0.4, 0.5) is 0 Å². The van der Waals surface area contributed by atoms with Crippen LogP contribution in [-0.4, -0.2) is 34.4 Å². The van der Waals surface area contributed by atoms with E-state index in [0.717, 1.165) is 27.6 Å². The quantitative estimate of drug-likeness (QED) is 0.203. The molecule has 186 valence electrons. The number of fused-ring (bicyclic) bond motifs is 3. The molecule has 0 aliphatic heterocycles. The topological polar surface area (TPSA) is 51.6 Å². The fraction of sp³-hybridized carbons (Fsp3) is 0.0588. The Morgan fingerprint density at radius 1 is 0.462 bits per heavy atom. The molecule has 0 saturated heterocycles. The Balaban J connectivity index is 1.43. The maximum atomic E-state index is 5.01. The summed E-state index contributed by atoms with van der Waals surface area (Å²) in [5.74, 6) is 2.02. The average Bonchev–Trinajstić information content (AvgIpc) is 3.43. The molecular formula is C34H24N4Se. The molecule has 7 rings (SSSR count). The monoisotopic (exact) mass is 568 g/mol. The van der Waals surface area contributed by atoms with Gasteiger partial charge in [-0.05, 0) is 0 Å². The van der Waals surface area contributed by atoms with Gasteiger partial charge in [0.1, 0.15) is 0 Å². The molecule has 2 aromatic heterocycles. The Hall–Kier alpha value is -4.44. The molecule has 5 aromatic carbocycles. The zero-order valence-electron chi connectivity index (χ0n) is 21.6. The normalized spacial score (nSPS) is 11.3. The number of aryl methyl sites for hydroxylation is 2. The van der Waals surface area contributed by atoms with Crippen molar-refractivity contribution in [1.82, 2.24) is 19.9 Å². The summed E-state index contributed by atoms with van der Waals surface area (Å²) in [6.45, 7) is 4.17. The summed E-state index contributed by atoms with van der Waals surface area (Å²) in [6.07, 6.45) is 0. The zero-order chi connectivity index (χ0) is 26.3. The maximum absolute atomic E-state index is 5.01. The average molecular weight is 568 g/mol. The first-order chi connectivity index (χ1) is 19.1. The summed E-state index contributed by atoms with van der Waals surface area (Å²) in [5.41, 5.74) is 7.62. The fourth-order valence-corrected chi connectivity index (χ4v) is 7.10. The van der Waals surface area contributed by atoms with Crippen LogP contribution in [0.25, 0.3) is 64.8 Å². The Kier molecular flexibility index (Phi) is 5.89. The predicted molar refractivity (Wildman–Crippen MR) is 161 cm³/mol. The summed E-state index contributed by atoms with van der Waals surface area (Å²) >= 11 is 0.119. The van der Waals surface area contributed by atoms with Crippen molar-refractivity contribution in [3.8, 4) is 44.3 Å². The van der Waals surface area contributed by atoms with Crippen molar-refractivity contribution in [2.75, 3.05) is 0 Å². The Morgan fingerprint density at radius 2 is 1.08 bits per heavy atom. The molecule has 39 heavy (non-hydrogen) atoms. The van der Waals surface area contributed by atoms with Crippen LogP contribution < -0.4 is 0 Å². The summed E-state index contributed by atoms with van der Waals surface area (Å²) < 4.78 is 2.48. The van der Waals surface area contributed by atoms with E-state index in [9.17, 15) is 0 Å². The molecule has 0 spiro atoms. The van der Waals surface area contributed by atoms with Gasteiger partial charge in [0, 0.05) is 0 Å². The molecule has 0 aliphatic rings. The summed E-state index contributed by atoms with van der Waals surface area (Å²) in [7, 11) is 0. The van der Waals surface area contributed by atoms with Crippen molar-refractivity contribution in [3.63, 3.8) is 0 Å². The minimum atomic E-state index is 0.119. The fourth-order valence-electron chi connectivity index (χ4n) is 4.80. The number of hydrogen-bond acceptors (Lipinski definition) is 4. The van der Waals surface area contributed by atoms with E-state index < -0.39 is 0 Å². The van der Waals surface area contributed by atoms with Gasteiger partial charge in [0.2, 0.25) is 0 Å². The summed E-state index contributed by atoms with van der Waals surface area (Å²) in [5, 5.41) is 2.35. The molecule has 0 saturated carbocycles. The van der Waals surface area contributed by atoms with Crippen molar-refractivity contribution >= 4 is 35.1 Å². The van der Waals surface area contributed by atoms with Gasteiger partial charge >= 0.3 is 233 Å². The number of nitrogens with zero attached hydrogens (tertiary/aromatic N) is 4. The first-order valence-corrected chi connectivity index (χ1v) is 14.6. The van der Waals surface area contributed by atoms with E-state index in [-0.39, 0.29) is 14.5 Å². The molecule has 0 fully saturated rings. The van der Waals surface area contributed by atoms with Gasteiger partial charge in [0.15, 0.2) is 0 Å². The van der Waals surface area contributed by atoms with Gasteiger partial charge in [0.25, 0.3) is 0 Å². The summed E-state index contributed by atoms with van der Waals surface area (Å²) in [4.78, 5) is 19.9. The second kappa shape index (κ2) is 9.70. The van der Waals surface area contributed by atoms with Gasteiger partial charge in [-0.3, -0.25) is 0 Å². The molecule has 0 aliphatic carbocycles. The third-order valence-corrected chi connectivity index (χ3v) is 9.35. The molecule has 0 bridgehead atoms. The standard InChI is InChI=1S/C34H24N4Se/c1-21-11-15-23(16-12-21)31-36-32(24-17-13-22(2)14-18-24)38-33(37-31)28-10-6-9-27-26(28)19-20-29-30(27)39-34(35-29)25-7-4-3-5-8-25/h3-20H,1-2H3. The van der Waals surface area contributed by atoms with Crippen LogP contribution in [0.2, 0.25) is 0 Å². The molecule has 7 aromatic rings. The van der Waals surface area contributed by atoms with Crippen LogP contribution in [0.15, 0.2) is 109 Å². The van der Waals surface area contributed by atoms with E-state index in [4.69, 9.17) is 19.9 Å². The van der Waals surface area contributed by atoms with E-state index in [1.165, 1.54) is 30.9 Å². The van der Waals surface area contributed by atoms with Crippen LogP contribution in [0, 0.1) is 13.8 Å².